The third kappa shape index (κ3) is 12.6. The normalized spacial score (nSPS) is 12.4. The highest BCUT2D eigenvalue weighted by atomic mass is 16.4. The van der Waals surface area contributed by atoms with Crippen LogP contribution in [0.3, 0.4) is 0 Å². The van der Waals surface area contributed by atoms with Crippen LogP contribution in [0.4, 0.5) is 0 Å². The second kappa shape index (κ2) is 9.79. The van der Waals surface area contributed by atoms with Gasteiger partial charge in [0.2, 0.25) is 0 Å². The maximum atomic E-state index is 10.7. The first-order valence-electron chi connectivity index (χ1n) is 8.12. The summed E-state index contributed by atoms with van der Waals surface area (Å²) in [5, 5.41) is 17.6. The molecule has 0 spiro atoms. The van der Waals surface area contributed by atoms with Crippen LogP contribution in [0.15, 0.2) is 0 Å². The molecule has 0 aromatic rings. The molecular weight excluding hydrogens is 284 g/mol. The van der Waals surface area contributed by atoms with Gasteiger partial charge in [-0.2, -0.15) is 0 Å². The Bertz CT molecular complexity index is 320. The summed E-state index contributed by atoms with van der Waals surface area (Å²) in [7, 11) is 7.82. The van der Waals surface area contributed by atoms with E-state index < -0.39 is 11.9 Å². The number of quaternary nitrogens is 2. The number of likely N-dealkylation sites (N-methyl/N-ethyl adjacent to an activating group) is 2. The number of rotatable bonds is 13. The Balaban J connectivity index is 3.59. The van der Waals surface area contributed by atoms with Gasteiger partial charge in [0.05, 0.1) is 41.3 Å². The van der Waals surface area contributed by atoms with E-state index in [9.17, 15) is 9.59 Å². The van der Waals surface area contributed by atoms with Crippen LogP contribution in [0.1, 0.15) is 38.5 Å². The molecule has 0 radical (unpaired) electrons. The van der Waals surface area contributed by atoms with Gasteiger partial charge in [0.15, 0.2) is 13.1 Å². The molecule has 0 heterocycles. The third-order valence-corrected chi connectivity index (χ3v) is 3.90. The van der Waals surface area contributed by atoms with Gasteiger partial charge in [-0.1, -0.05) is 12.8 Å². The Morgan fingerprint density at radius 3 is 1.18 bits per heavy atom. The lowest BCUT2D eigenvalue weighted by atomic mass is 10.1. The second-order valence-electron chi connectivity index (χ2n) is 7.54. The van der Waals surface area contributed by atoms with Gasteiger partial charge in [0.25, 0.3) is 0 Å². The van der Waals surface area contributed by atoms with Gasteiger partial charge in [-0.3, -0.25) is 0 Å². The van der Waals surface area contributed by atoms with Crippen LogP contribution in [0.5, 0.6) is 0 Å². The number of hydrogen-bond acceptors (Lipinski definition) is 2. The van der Waals surface area contributed by atoms with Gasteiger partial charge >= 0.3 is 11.9 Å². The van der Waals surface area contributed by atoms with Gasteiger partial charge in [-0.25, -0.2) is 9.59 Å². The first-order valence-corrected chi connectivity index (χ1v) is 8.12. The lowest BCUT2D eigenvalue weighted by Gasteiger charge is -2.28. The van der Waals surface area contributed by atoms with E-state index in [-0.39, 0.29) is 13.1 Å². The Morgan fingerprint density at radius 2 is 0.909 bits per heavy atom. The van der Waals surface area contributed by atoms with Crippen molar-refractivity contribution >= 4 is 11.9 Å². The molecule has 6 nitrogen and oxygen atoms in total. The van der Waals surface area contributed by atoms with Crippen LogP contribution in [-0.2, 0) is 9.59 Å². The third-order valence-electron chi connectivity index (χ3n) is 3.90. The van der Waals surface area contributed by atoms with Crippen molar-refractivity contribution in [2.45, 2.75) is 38.5 Å². The van der Waals surface area contributed by atoms with Crippen LogP contribution in [-0.4, -0.2) is 85.5 Å². The Kier molecular flexibility index (Phi) is 9.28. The van der Waals surface area contributed by atoms with E-state index in [1.165, 1.54) is 12.8 Å². The van der Waals surface area contributed by atoms with E-state index in [2.05, 4.69) is 0 Å². The summed E-state index contributed by atoms with van der Waals surface area (Å²) in [5.74, 6) is -1.49. The number of hydrogen-bond donors (Lipinski definition) is 2. The van der Waals surface area contributed by atoms with Crippen LogP contribution in [0.2, 0.25) is 0 Å². The highest BCUT2D eigenvalue weighted by Gasteiger charge is 2.19. The largest absolute Gasteiger partial charge is 0.477 e. The minimum absolute atomic E-state index is 0.177. The Labute approximate surface area is 134 Å². The maximum Gasteiger partial charge on any atom is 0.359 e. The van der Waals surface area contributed by atoms with Crippen molar-refractivity contribution in [2.24, 2.45) is 0 Å². The molecule has 0 saturated heterocycles. The molecule has 0 amide bonds. The fourth-order valence-electron chi connectivity index (χ4n) is 2.68. The molecule has 0 fully saturated rings. The van der Waals surface area contributed by atoms with Gasteiger partial charge < -0.3 is 19.2 Å². The lowest BCUT2D eigenvalue weighted by molar-refractivity contribution is -0.883. The molecule has 6 heteroatoms. The lowest BCUT2D eigenvalue weighted by Crippen LogP contribution is -2.44. The predicted octanol–water partition coefficient (Wildman–Crippen LogP) is 1.65. The van der Waals surface area contributed by atoms with Crippen molar-refractivity contribution in [2.75, 3.05) is 54.4 Å². The van der Waals surface area contributed by atoms with E-state index in [4.69, 9.17) is 10.2 Å². The second-order valence-corrected chi connectivity index (χ2v) is 7.54. The molecule has 2 N–H and O–H groups in total. The van der Waals surface area contributed by atoms with Crippen molar-refractivity contribution in [1.82, 2.24) is 0 Å². The van der Waals surface area contributed by atoms with Crippen LogP contribution in [0, 0.1) is 0 Å². The van der Waals surface area contributed by atoms with Gasteiger partial charge in [0.1, 0.15) is 0 Å². The molecule has 0 rings (SSSR count). The smallest absolute Gasteiger partial charge is 0.359 e. The first kappa shape index (κ1) is 20.9. The van der Waals surface area contributed by atoms with Crippen molar-refractivity contribution in [3.8, 4) is 0 Å². The average Bonchev–Trinajstić information content (AvgIpc) is 2.28. The van der Waals surface area contributed by atoms with Crippen molar-refractivity contribution in [3.63, 3.8) is 0 Å². The fourth-order valence-corrected chi connectivity index (χ4v) is 2.68. The summed E-state index contributed by atoms with van der Waals surface area (Å²) in [6.45, 7) is 2.15. The minimum atomic E-state index is -0.743. The highest BCUT2D eigenvalue weighted by molar-refractivity contribution is 5.68. The average molecular weight is 318 g/mol. The van der Waals surface area contributed by atoms with Gasteiger partial charge in [-0.15, -0.1) is 0 Å². The minimum Gasteiger partial charge on any atom is -0.477 e. The number of carbonyl (C=O) groups is 2. The van der Waals surface area contributed by atoms with E-state index in [0.717, 1.165) is 38.8 Å². The van der Waals surface area contributed by atoms with Gasteiger partial charge in [0, 0.05) is 0 Å². The number of nitrogens with zero attached hydrogens (tertiary/aromatic N) is 2. The zero-order chi connectivity index (χ0) is 17.2. The number of unbranched alkanes of at least 4 members (excludes halogenated alkanes) is 5. The molecule has 0 atom stereocenters. The molecule has 0 bridgehead atoms. The predicted molar refractivity (Wildman–Crippen MR) is 86.7 cm³/mol. The SMILES string of the molecule is C[N+](C)(CCCCCCCC[N+](C)(C)CC(=O)O)CC(=O)O. The van der Waals surface area contributed by atoms with Crippen molar-refractivity contribution in [3.05, 3.63) is 0 Å². The van der Waals surface area contributed by atoms with Crippen molar-refractivity contribution in [1.29, 1.82) is 0 Å². The highest BCUT2D eigenvalue weighted by Crippen LogP contribution is 2.10. The Hall–Kier alpha value is -1.14. The fraction of sp³-hybridized carbons (Fsp3) is 0.875. The molecule has 130 valence electrons. The molecule has 0 aliphatic heterocycles. The zero-order valence-corrected chi connectivity index (χ0v) is 14.7. The maximum absolute atomic E-state index is 10.7. The standard InChI is InChI=1S/C16H32N2O4/c1-17(2,13-15(19)20)11-9-7-5-6-8-10-12-18(3,4)14-16(21)22/h5-14H2,1-4H3/p+2. The summed E-state index contributed by atoms with van der Waals surface area (Å²) in [4.78, 5) is 21.4. The molecule has 0 aromatic carbocycles. The molecular formula is C16H34N2O4+2. The molecule has 0 aliphatic carbocycles. The van der Waals surface area contributed by atoms with E-state index >= 15 is 0 Å². The summed E-state index contributed by atoms with van der Waals surface area (Å²) in [6.07, 6.45) is 6.71. The van der Waals surface area contributed by atoms with Crippen molar-refractivity contribution < 1.29 is 28.8 Å². The van der Waals surface area contributed by atoms with Crippen LogP contribution >= 0.6 is 0 Å². The van der Waals surface area contributed by atoms with Crippen LogP contribution in [0.25, 0.3) is 0 Å². The molecule has 0 aliphatic rings. The molecule has 22 heavy (non-hydrogen) atoms. The molecule has 0 unspecified atom stereocenters. The first-order chi connectivity index (χ1) is 10.0. The summed E-state index contributed by atoms with van der Waals surface area (Å²) < 4.78 is 1.08. The zero-order valence-electron chi connectivity index (χ0n) is 14.7. The summed E-state index contributed by atoms with van der Waals surface area (Å²) in [6, 6.07) is 0. The number of carboxylic acids is 2. The quantitative estimate of drug-likeness (QED) is 0.400. The number of aliphatic carboxylic acids is 2. The van der Waals surface area contributed by atoms with E-state index in [0.29, 0.717) is 8.97 Å². The molecule has 0 saturated carbocycles. The summed E-state index contributed by atoms with van der Waals surface area (Å²) >= 11 is 0. The van der Waals surface area contributed by atoms with E-state index in [1.54, 1.807) is 0 Å². The van der Waals surface area contributed by atoms with Gasteiger partial charge in [-0.05, 0) is 25.7 Å². The van der Waals surface area contributed by atoms with Crippen LogP contribution < -0.4 is 0 Å². The molecule has 0 aromatic heterocycles. The number of carboxylic acid groups (broad SMARTS) is 2. The summed E-state index contributed by atoms with van der Waals surface area (Å²) in [5.41, 5.74) is 0. The Morgan fingerprint density at radius 1 is 0.636 bits per heavy atom. The monoisotopic (exact) mass is 318 g/mol. The topological polar surface area (TPSA) is 74.6 Å². The van der Waals surface area contributed by atoms with E-state index in [1.807, 2.05) is 28.2 Å².